The number of nitrogens with one attached hydrogen (secondary N) is 4. The molecule has 4 N–H and O–H groups in total. The highest BCUT2D eigenvalue weighted by molar-refractivity contribution is 6.02. The molecule has 0 fully saturated rings. The van der Waals surface area contributed by atoms with Gasteiger partial charge in [0.05, 0.1) is 34.7 Å². The maximum Gasteiger partial charge on any atom is 0.138 e. The van der Waals surface area contributed by atoms with Gasteiger partial charge in [-0.3, -0.25) is 0 Å². The first-order valence-electron chi connectivity index (χ1n) is 9.58. The number of imidazole rings is 4. The maximum absolute atomic E-state index is 4.81. The zero-order valence-corrected chi connectivity index (χ0v) is 15.6. The molecule has 142 valence electrons. The van der Waals surface area contributed by atoms with E-state index in [9.17, 15) is 0 Å². The monoisotopic (exact) mass is 390 g/mol. The molecule has 0 saturated carbocycles. The van der Waals surface area contributed by atoms with E-state index in [-0.39, 0.29) is 0 Å². The predicted octanol–water partition coefficient (Wildman–Crippen LogP) is 4.53. The van der Waals surface area contributed by atoms with Gasteiger partial charge < -0.3 is 19.9 Å². The number of H-pyrrole nitrogens is 4. The van der Waals surface area contributed by atoms with Crippen LogP contribution in [0.15, 0.2) is 61.2 Å². The van der Waals surface area contributed by atoms with Crippen LogP contribution in [0.3, 0.4) is 0 Å². The van der Waals surface area contributed by atoms with E-state index >= 15 is 0 Å². The van der Waals surface area contributed by atoms with Crippen LogP contribution in [0.25, 0.3) is 66.9 Å². The second kappa shape index (κ2) is 5.54. The molecule has 0 bridgehead atoms. The summed E-state index contributed by atoms with van der Waals surface area (Å²) in [6.45, 7) is 0. The average molecular weight is 390 g/mol. The summed E-state index contributed by atoms with van der Waals surface area (Å²) in [7, 11) is 0. The Morgan fingerprint density at radius 3 is 1.57 bits per heavy atom. The third-order valence-corrected chi connectivity index (χ3v) is 5.49. The average Bonchev–Trinajstić information content (AvgIpc) is 3.56. The molecule has 0 aliphatic carbocycles. The molecule has 7 rings (SSSR count). The van der Waals surface area contributed by atoms with Crippen molar-refractivity contribution in [1.82, 2.24) is 39.9 Å². The third kappa shape index (κ3) is 2.10. The van der Waals surface area contributed by atoms with Gasteiger partial charge in [-0.2, -0.15) is 0 Å². The summed E-state index contributed by atoms with van der Waals surface area (Å²) in [5.41, 5.74) is 9.29. The van der Waals surface area contributed by atoms with E-state index in [1.807, 2.05) is 42.5 Å². The highest BCUT2D eigenvalue weighted by atomic mass is 15.0. The Bertz CT molecular complexity index is 1590. The highest BCUT2D eigenvalue weighted by Crippen LogP contribution is 2.29. The van der Waals surface area contributed by atoms with Crippen LogP contribution >= 0.6 is 0 Å². The van der Waals surface area contributed by atoms with Gasteiger partial charge in [0.15, 0.2) is 0 Å². The molecule has 0 atom stereocenters. The lowest BCUT2D eigenvalue weighted by atomic mass is 10.1. The van der Waals surface area contributed by atoms with Gasteiger partial charge in [0, 0.05) is 11.1 Å². The Hall–Kier alpha value is -4.46. The van der Waals surface area contributed by atoms with Gasteiger partial charge in [-0.25, -0.2) is 19.9 Å². The minimum absolute atomic E-state index is 0.799. The van der Waals surface area contributed by atoms with Crippen molar-refractivity contribution in [3.63, 3.8) is 0 Å². The molecule has 8 heteroatoms. The first kappa shape index (κ1) is 15.5. The number of benzene rings is 3. The minimum Gasteiger partial charge on any atom is -0.345 e. The Morgan fingerprint density at radius 2 is 1.03 bits per heavy atom. The summed E-state index contributed by atoms with van der Waals surface area (Å²) >= 11 is 0. The van der Waals surface area contributed by atoms with Crippen molar-refractivity contribution in [3.05, 3.63) is 61.2 Å². The Labute approximate surface area is 168 Å². The van der Waals surface area contributed by atoms with Crippen LogP contribution < -0.4 is 0 Å². The van der Waals surface area contributed by atoms with Crippen LogP contribution in [-0.4, -0.2) is 39.9 Å². The van der Waals surface area contributed by atoms with Crippen LogP contribution in [0.2, 0.25) is 0 Å². The van der Waals surface area contributed by atoms with Gasteiger partial charge in [-0.1, -0.05) is 18.2 Å². The van der Waals surface area contributed by atoms with Crippen LogP contribution in [0, 0.1) is 0 Å². The van der Waals surface area contributed by atoms with E-state index in [4.69, 9.17) is 9.97 Å². The van der Waals surface area contributed by atoms with Gasteiger partial charge in [-0.05, 0) is 30.3 Å². The molecular weight excluding hydrogens is 376 g/mol. The van der Waals surface area contributed by atoms with Crippen molar-refractivity contribution in [2.24, 2.45) is 0 Å². The van der Waals surface area contributed by atoms with Crippen molar-refractivity contribution >= 4 is 44.1 Å². The second-order valence-corrected chi connectivity index (χ2v) is 7.27. The molecule has 0 aliphatic rings. The molecule has 0 radical (unpaired) electrons. The van der Waals surface area contributed by atoms with Crippen LogP contribution in [0.5, 0.6) is 0 Å². The number of aromatic amines is 4. The topological polar surface area (TPSA) is 115 Å². The minimum atomic E-state index is 0.799. The molecule has 30 heavy (non-hydrogen) atoms. The number of aromatic nitrogens is 8. The molecule has 7 aromatic rings. The van der Waals surface area contributed by atoms with E-state index in [2.05, 4.69) is 36.0 Å². The fourth-order valence-electron chi connectivity index (χ4n) is 4.04. The number of fused-ring (bicyclic) bond motifs is 6. The molecule has 0 spiro atoms. The lowest BCUT2D eigenvalue weighted by molar-refractivity contribution is 1.31. The summed E-state index contributed by atoms with van der Waals surface area (Å²) in [6.07, 6.45) is 3.38. The molecule has 3 aromatic carbocycles. The quantitative estimate of drug-likeness (QED) is 0.347. The number of rotatable bonds is 2. The predicted molar refractivity (Wildman–Crippen MR) is 116 cm³/mol. The Balaban J connectivity index is 1.38. The van der Waals surface area contributed by atoms with Gasteiger partial charge in [0.2, 0.25) is 0 Å². The number of hydrogen-bond donors (Lipinski definition) is 4. The summed E-state index contributed by atoms with van der Waals surface area (Å²) in [5.74, 6) is 1.60. The molecule has 4 heterocycles. The molecule has 0 amide bonds. The van der Waals surface area contributed by atoms with E-state index in [0.29, 0.717) is 0 Å². The summed E-state index contributed by atoms with van der Waals surface area (Å²) in [5, 5.41) is 0. The number of hydrogen-bond acceptors (Lipinski definition) is 4. The van der Waals surface area contributed by atoms with Crippen molar-refractivity contribution in [2.75, 3.05) is 0 Å². The van der Waals surface area contributed by atoms with Crippen molar-refractivity contribution in [2.45, 2.75) is 0 Å². The van der Waals surface area contributed by atoms with Crippen molar-refractivity contribution in [3.8, 4) is 22.8 Å². The maximum atomic E-state index is 4.81. The fourth-order valence-corrected chi connectivity index (χ4v) is 4.04. The molecule has 0 saturated heterocycles. The van der Waals surface area contributed by atoms with E-state index < -0.39 is 0 Å². The first-order valence-corrected chi connectivity index (χ1v) is 9.58. The lowest BCUT2D eigenvalue weighted by Crippen LogP contribution is -1.84. The van der Waals surface area contributed by atoms with Gasteiger partial charge in [0.25, 0.3) is 0 Å². The lowest BCUT2D eigenvalue weighted by Gasteiger charge is -2.00. The van der Waals surface area contributed by atoms with Crippen molar-refractivity contribution in [1.29, 1.82) is 0 Å². The third-order valence-electron chi connectivity index (χ3n) is 5.49. The summed E-state index contributed by atoms with van der Waals surface area (Å²) in [4.78, 5) is 31.5. The van der Waals surface area contributed by atoms with Gasteiger partial charge in [-0.15, -0.1) is 0 Å². The van der Waals surface area contributed by atoms with Crippen LogP contribution in [0.1, 0.15) is 0 Å². The zero-order chi connectivity index (χ0) is 19.7. The SMILES string of the molecule is c1cc(-c2nc3c(ccc4[nH]cnc43)[nH]2)cc(-c2nc3c(ccc4[nH]cnc43)[nH]2)c1. The smallest absolute Gasteiger partial charge is 0.138 e. The molecule has 8 nitrogen and oxygen atoms in total. The Kier molecular flexibility index (Phi) is 2.86. The van der Waals surface area contributed by atoms with Crippen LogP contribution in [-0.2, 0) is 0 Å². The molecule has 4 aromatic heterocycles. The van der Waals surface area contributed by atoms with Crippen LogP contribution in [0.4, 0.5) is 0 Å². The Morgan fingerprint density at radius 1 is 0.533 bits per heavy atom. The molecule has 0 aliphatic heterocycles. The molecule has 0 unspecified atom stereocenters. The van der Waals surface area contributed by atoms with Gasteiger partial charge >= 0.3 is 0 Å². The zero-order valence-electron chi connectivity index (χ0n) is 15.6. The highest BCUT2D eigenvalue weighted by Gasteiger charge is 2.13. The number of nitrogens with zero attached hydrogens (tertiary/aromatic N) is 4. The summed E-state index contributed by atoms with van der Waals surface area (Å²) in [6, 6.07) is 16.2. The molecular formula is C22H14N8. The second-order valence-electron chi connectivity index (χ2n) is 7.27. The fraction of sp³-hybridized carbons (Fsp3) is 0. The normalized spacial score (nSPS) is 12.0. The van der Waals surface area contributed by atoms with E-state index in [1.165, 1.54) is 0 Å². The van der Waals surface area contributed by atoms with E-state index in [0.717, 1.165) is 66.9 Å². The largest absolute Gasteiger partial charge is 0.345 e. The standard InChI is InChI=1S/C22H14N8/c1-2-11(21-27-15-6-4-13-17(19(15)29-21)25-9-23-13)8-12(3-1)22-28-16-7-5-14-18(20(16)30-22)26-10-24-14/h1-10H,(H,23,25)(H,24,26)(H,27,29)(H,28,30). The van der Waals surface area contributed by atoms with Crippen molar-refractivity contribution < 1.29 is 0 Å². The van der Waals surface area contributed by atoms with E-state index in [1.54, 1.807) is 12.7 Å². The summed E-state index contributed by atoms with van der Waals surface area (Å²) < 4.78 is 0. The van der Waals surface area contributed by atoms with Gasteiger partial charge in [0.1, 0.15) is 33.7 Å². The first-order chi connectivity index (χ1) is 14.8.